The molecule has 0 bridgehead atoms. The normalized spacial score (nSPS) is 10.9. The third kappa shape index (κ3) is 2.01. The smallest absolute Gasteiger partial charge is 0.228 e. The van der Waals surface area contributed by atoms with Gasteiger partial charge >= 0.3 is 0 Å². The van der Waals surface area contributed by atoms with Crippen molar-refractivity contribution >= 4 is 11.0 Å². The van der Waals surface area contributed by atoms with Crippen molar-refractivity contribution in [3.05, 3.63) is 36.0 Å². The van der Waals surface area contributed by atoms with Crippen LogP contribution in [0.5, 0.6) is 5.88 Å². The molecular weight excluding hydrogens is 252 g/mol. The maximum Gasteiger partial charge on any atom is 0.228 e. The Morgan fingerprint density at radius 3 is 2.60 bits per heavy atom. The van der Waals surface area contributed by atoms with Crippen LogP contribution in [0.1, 0.15) is 12.6 Å². The third-order valence-corrected chi connectivity index (χ3v) is 3.14. The second-order valence-corrected chi connectivity index (χ2v) is 4.56. The van der Waals surface area contributed by atoms with Gasteiger partial charge in [-0.25, -0.2) is 9.67 Å². The molecule has 1 aromatic carbocycles. The molecule has 2 heterocycles. The largest absolute Gasteiger partial charge is 0.477 e. The highest BCUT2D eigenvalue weighted by atomic mass is 16.5. The fourth-order valence-electron chi connectivity index (χ4n) is 2.26. The first kappa shape index (κ1) is 12.6. The van der Waals surface area contributed by atoms with Gasteiger partial charge in [-0.05, 0) is 13.8 Å². The first-order valence-electron chi connectivity index (χ1n) is 6.60. The fraction of sp³-hybridized carbons (Fsp3) is 0.267. The first-order chi connectivity index (χ1) is 9.70. The number of nitrogens with zero attached hydrogens (tertiary/aromatic N) is 4. The molecule has 0 saturated carbocycles. The van der Waals surface area contributed by atoms with Crippen LogP contribution in [0.2, 0.25) is 0 Å². The van der Waals surface area contributed by atoms with Crippen LogP contribution in [0.3, 0.4) is 0 Å². The average molecular weight is 268 g/mol. The Hall–Kier alpha value is -2.43. The van der Waals surface area contributed by atoms with Gasteiger partial charge in [0.05, 0.1) is 12.3 Å². The highest BCUT2D eigenvalue weighted by Crippen LogP contribution is 2.28. The lowest BCUT2D eigenvalue weighted by atomic mass is 10.2. The van der Waals surface area contributed by atoms with Crippen LogP contribution in [0.25, 0.3) is 22.4 Å². The summed E-state index contributed by atoms with van der Waals surface area (Å²) in [5, 5.41) is 5.29. The molecule has 0 N–H and O–H groups in total. The topological polar surface area (TPSA) is 52.8 Å². The van der Waals surface area contributed by atoms with Gasteiger partial charge in [0.2, 0.25) is 5.88 Å². The summed E-state index contributed by atoms with van der Waals surface area (Å²) in [7, 11) is 1.88. The van der Waals surface area contributed by atoms with Gasteiger partial charge < -0.3 is 4.74 Å². The van der Waals surface area contributed by atoms with E-state index in [1.165, 1.54) is 0 Å². The van der Waals surface area contributed by atoms with E-state index in [1.807, 2.05) is 51.2 Å². The predicted molar refractivity (Wildman–Crippen MR) is 77.6 cm³/mol. The molecule has 0 atom stereocenters. The van der Waals surface area contributed by atoms with Crippen molar-refractivity contribution in [2.45, 2.75) is 13.8 Å². The molecule has 0 fully saturated rings. The SMILES string of the molecule is CCOc1nc(-c2ccccc2)nc2c1c(C)nn2C. The molecule has 102 valence electrons. The second-order valence-electron chi connectivity index (χ2n) is 4.56. The van der Waals surface area contributed by atoms with Crippen LogP contribution in [-0.4, -0.2) is 26.4 Å². The molecule has 0 saturated heterocycles. The zero-order valence-electron chi connectivity index (χ0n) is 11.8. The number of rotatable bonds is 3. The van der Waals surface area contributed by atoms with Crippen LogP contribution < -0.4 is 4.74 Å². The molecule has 0 spiro atoms. The van der Waals surface area contributed by atoms with E-state index in [1.54, 1.807) is 4.68 Å². The number of benzene rings is 1. The molecule has 20 heavy (non-hydrogen) atoms. The zero-order valence-corrected chi connectivity index (χ0v) is 11.8. The summed E-state index contributed by atoms with van der Waals surface area (Å²) in [6, 6.07) is 9.88. The minimum atomic E-state index is 0.564. The van der Waals surface area contributed by atoms with Crippen LogP contribution in [0.4, 0.5) is 0 Å². The van der Waals surface area contributed by atoms with E-state index < -0.39 is 0 Å². The highest BCUT2D eigenvalue weighted by Gasteiger charge is 2.16. The minimum absolute atomic E-state index is 0.564. The number of aryl methyl sites for hydroxylation is 2. The summed E-state index contributed by atoms with van der Waals surface area (Å²) in [6.07, 6.45) is 0. The minimum Gasteiger partial charge on any atom is -0.477 e. The molecule has 3 aromatic rings. The van der Waals surface area contributed by atoms with Crippen molar-refractivity contribution in [1.29, 1.82) is 0 Å². The van der Waals surface area contributed by atoms with Crippen LogP contribution in [-0.2, 0) is 7.05 Å². The highest BCUT2D eigenvalue weighted by molar-refractivity contribution is 5.85. The maximum atomic E-state index is 5.67. The van der Waals surface area contributed by atoms with Crippen molar-refractivity contribution in [2.75, 3.05) is 6.61 Å². The molecular formula is C15H16N4O. The summed E-state index contributed by atoms with van der Waals surface area (Å²) in [5.74, 6) is 1.26. The number of hydrogen-bond acceptors (Lipinski definition) is 4. The Kier molecular flexibility index (Phi) is 3.10. The number of hydrogen-bond donors (Lipinski definition) is 0. The van der Waals surface area contributed by atoms with Gasteiger partial charge in [0.25, 0.3) is 0 Å². The summed E-state index contributed by atoms with van der Waals surface area (Å²) in [5.41, 5.74) is 2.64. The quantitative estimate of drug-likeness (QED) is 0.733. The molecule has 0 aliphatic carbocycles. The summed E-state index contributed by atoms with van der Waals surface area (Å²) < 4.78 is 7.44. The average Bonchev–Trinajstić information content (AvgIpc) is 2.75. The standard InChI is InChI=1S/C15H16N4O/c1-4-20-15-12-10(2)18-19(3)14(12)16-13(17-15)11-8-6-5-7-9-11/h5-9H,4H2,1-3H3. The van der Waals surface area contributed by atoms with E-state index in [4.69, 9.17) is 4.74 Å². The molecule has 0 radical (unpaired) electrons. The van der Waals surface area contributed by atoms with Crippen LogP contribution >= 0.6 is 0 Å². The van der Waals surface area contributed by atoms with E-state index in [9.17, 15) is 0 Å². The monoisotopic (exact) mass is 268 g/mol. The summed E-state index contributed by atoms with van der Waals surface area (Å²) in [6.45, 7) is 4.45. The second kappa shape index (κ2) is 4.92. The van der Waals surface area contributed by atoms with Crippen LogP contribution in [0.15, 0.2) is 30.3 Å². The van der Waals surface area contributed by atoms with Gasteiger partial charge in [0.15, 0.2) is 11.5 Å². The van der Waals surface area contributed by atoms with Gasteiger partial charge in [-0.1, -0.05) is 30.3 Å². The maximum absolute atomic E-state index is 5.67. The van der Waals surface area contributed by atoms with Gasteiger partial charge in [0.1, 0.15) is 5.39 Å². The Morgan fingerprint density at radius 2 is 1.90 bits per heavy atom. The Labute approximate surface area is 117 Å². The van der Waals surface area contributed by atoms with Crippen molar-refractivity contribution in [3.8, 4) is 17.3 Å². The van der Waals surface area contributed by atoms with Crippen molar-refractivity contribution < 1.29 is 4.74 Å². The van der Waals surface area contributed by atoms with E-state index in [0.29, 0.717) is 18.3 Å². The number of fused-ring (bicyclic) bond motifs is 1. The summed E-state index contributed by atoms with van der Waals surface area (Å²) >= 11 is 0. The van der Waals surface area contributed by atoms with Gasteiger partial charge in [-0.3, -0.25) is 0 Å². The molecule has 0 amide bonds. The van der Waals surface area contributed by atoms with Gasteiger partial charge in [0, 0.05) is 12.6 Å². The molecule has 3 rings (SSSR count). The predicted octanol–water partition coefficient (Wildman–Crippen LogP) is 2.74. The van der Waals surface area contributed by atoms with Crippen molar-refractivity contribution in [2.24, 2.45) is 7.05 Å². The molecule has 5 heteroatoms. The van der Waals surface area contributed by atoms with Gasteiger partial charge in [-0.15, -0.1) is 0 Å². The molecule has 0 aliphatic heterocycles. The lowest BCUT2D eigenvalue weighted by molar-refractivity contribution is 0.331. The van der Waals surface area contributed by atoms with Gasteiger partial charge in [-0.2, -0.15) is 10.1 Å². The Balaban J connectivity index is 2.28. The molecule has 2 aromatic heterocycles. The third-order valence-electron chi connectivity index (χ3n) is 3.14. The number of ether oxygens (including phenoxy) is 1. The fourth-order valence-corrected chi connectivity index (χ4v) is 2.26. The van der Waals surface area contributed by atoms with Crippen molar-refractivity contribution in [1.82, 2.24) is 19.7 Å². The Morgan fingerprint density at radius 1 is 1.15 bits per heavy atom. The van der Waals surface area contributed by atoms with E-state index in [0.717, 1.165) is 22.3 Å². The summed E-state index contributed by atoms with van der Waals surface area (Å²) in [4.78, 5) is 9.17. The van der Waals surface area contributed by atoms with E-state index in [-0.39, 0.29) is 0 Å². The lowest BCUT2D eigenvalue weighted by Gasteiger charge is -2.07. The molecule has 5 nitrogen and oxygen atoms in total. The Bertz CT molecular complexity index is 749. The lowest BCUT2D eigenvalue weighted by Crippen LogP contribution is -2.00. The molecule has 0 aliphatic rings. The van der Waals surface area contributed by atoms with Crippen LogP contribution in [0, 0.1) is 6.92 Å². The van der Waals surface area contributed by atoms with Crippen molar-refractivity contribution in [3.63, 3.8) is 0 Å². The molecule has 0 unspecified atom stereocenters. The zero-order chi connectivity index (χ0) is 14.1. The first-order valence-corrected chi connectivity index (χ1v) is 6.60. The number of aromatic nitrogens is 4. The van der Waals surface area contributed by atoms with E-state index in [2.05, 4.69) is 15.1 Å². The van der Waals surface area contributed by atoms with E-state index >= 15 is 0 Å².